The first-order valence-electron chi connectivity index (χ1n) is 20.2. The van der Waals surface area contributed by atoms with Crippen LogP contribution in [0.1, 0.15) is 40.4 Å². The van der Waals surface area contributed by atoms with E-state index < -0.39 is 0 Å². The highest BCUT2D eigenvalue weighted by Gasteiger charge is 2.24. The molecule has 0 saturated heterocycles. The number of amidine groups is 2. The normalized spacial score (nSPS) is 15.4. The summed E-state index contributed by atoms with van der Waals surface area (Å²) in [7, 11) is 0. The molecule has 0 saturated carbocycles. The predicted molar refractivity (Wildman–Crippen MR) is 248 cm³/mol. The number of furan rings is 1. The summed E-state index contributed by atoms with van der Waals surface area (Å²) in [5.74, 6) is 1.49. The van der Waals surface area contributed by atoms with Gasteiger partial charge in [-0.2, -0.15) is 0 Å². The van der Waals surface area contributed by atoms with Crippen molar-refractivity contribution in [2.75, 3.05) is 0 Å². The van der Waals surface area contributed by atoms with Crippen molar-refractivity contribution in [3.63, 3.8) is 0 Å². The Morgan fingerprint density at radius 2 is 1.37 bits per heavy atom. The topological polar surface area (TPSA) is 54.8 Å². The summed E-state index contributed by atoms with van der Waals surface area (Å²) < 4.78 is 11.2. The number of aryl methyl sites for hydroxylation is 1. The fourth-order valence-corrected chi connectivity index (χ4v) is 10.6. The van der Waals surface area contributed by atoms with E-state index in [0.29, 0.717) is 5.84 Å². The van der Waals surface area contributed by atoms with Gasteiger partial charge < -0.3 is 14.3 Å². The van der Waals surface area contributed by atoms with Crippen molar-refractivity contribution in [3.05, 3.63) is 192 Å². The molecule has 0 spiro atoms. The van der Waals surface area contributed by atoms with Gasteiger partial charge in [-0.05, 0) is 119 Å². The lowest BCUT2D eigenvalue weighted by Gasteiger charge is -2.24. The lowest BCUT2D eigenvalue weighted by molar-refractivity contribution is 0.663. The van der Waals surface area contributed by atoms with E-state index in [4.69, 9.17) is 14.4 Å². The number of hydrogen-bond donors (Lipinski definition) is 1. The number of aliphatic imine (C=N–C) groups is 2. The zero-order valence-corrected chi connectivity index (χ0v) is 32.6. The summed E-state index contributed by atoms with van der Waals surface area (Å²) in [5, 5.41) is 13.6. The van der Waals surface area contributed by atoms with Gasteiger partial charge in [0.25, 0.3) is 0 Å². The van der Waals surface area contributed by atoms with Gasteiger partial charge in [-0.3, -0.25) is 0 Å². The number of nitrogens with zero attached hydrogens (tertiary/aromatic N) is 3. The summed E-state index contributed by atoms with van der Waals surface area (Å²) in [6.07, 6.45) is 6.32. The van der Waals surface area contributed by atoms with E-state index in [1.54, 1.807) is 0 Å². The van der Waals surface area contributed by atoms with E-state index >= 15 is 0 Å². The van der Waals surface area contributed by atoms with Gasteiger partial charge >= 0.3 is 0 Å². The number of rotatable bonds is 4. The number of hydrogen-bond acceptors (Lipinski definition) is 5. The van der Waals surface area contributed by atoms with Crippen molar-refractivity contribution in [1.82, 2.24) is 9.88 Å². The van der Waals surface area contributed by atoms with Gasteiger partial charge in [-0.15, -0.1) is 11.3 Å². The van der Waals surface area contributed by atoms with E-state index in [-0.39, 0.29) is 6.17 Å². The quantitative estimate of drug-likeness (QED) is 0.194. The minimum absolute atomic E-state index is 0.365. The maximum Gasteiger partial charge on any atom is 0.159 e. The van der Waals surface area contributed by atoms with E-state index in [9.17, 15) is 0 Å². The summed E-state index contributed by atoms with van der Waals surface area (Å²) in [6, 6.07) is 56.7. The predicted octanol–water partition coefficient (Wildman–Crippen LogP) is 13.7. The first-order valence-corrected chi connectivity index (χ1v) is 21.0. The van der Waals surface area contributed by atoms with Gasteiger partial charge in [-0.25, -0.2) is 9.98 Å². The average molecular weight is 775 g/mol. The van der Waals surface area contributed by atoms with Crippen molar-refractivity contribution >= 4 is 104 Å². The standard InChI is InChI=1S/C53H34N4OS/c1-3-11-37-31(9-1)19-25-43-49(37)50-38-12-4-2-10-32(38)20-26-44(50)57(43)36-23-17-33(18-24-36)51-54-52(34-21-27-46-41(29-34)39-13-5-7-15-45(39)58-46)56-53(55-51)35-22-28-48-42(30-35)40-14-6-8-16-47(40)59-48/h1-3,5-11,13-30,52H,4,12H2,(H,54,55,56). The second-order valence-electron chi connectivity index (χ2n) is 15.7. The van der Waals surface area contributed by atoms with Gasteiger partial charge in [0.15, 0.2) is 5.84 Å². The highest BCUT2D eigenvalue weighted by molar-refractivity contribution is 7.25. The van der Waals surface area contributed by atoms with E-state index in [2.05, 4.69) is 168 Å². The van der Waals surface area contributed by atoms with Crippen LogP contribution in [0.4, 0.5) is 0 Å². The number of benzene rings is 8. The summed E-state index contributed by atoms with van der Waals surface area (Å²) in [4.78, 5) is 10.6. The number of allylic oxidation sites excluding steroid dienone is 1. The van der Waals surface area contributed by atoms with E-state index in [1.807, 2.05) is 23.5 Å². The van der Waals surface area contributed by atoms with Gasteiger partial charge in [0.1, 0.15) is 23.2 Å². The molecular formula is C53H34N4OS. The molecule has 1 aliphatic heterocycles. The number of aromatic nitrogens is 1. The molecule has 1 N–H and O–H groups in total. The molecule has 278 valence electrons. The van der Waals surface area contributed by atoms with Crippen molar-refractivity contribution in [2.24, 2.45) is 9.98 Å². The van der Waals surface area contributed by atoms with Crippen LogP contribution in [0.2, 0.25) is 0 Å². The first-order chi connectivity index (χ1) is 29.2. The van der Waals surface area contributed by atoms with Gasteiger partial charge in [0, 0.05) is 58.5 Å². The molecule has 2 aliphatic rings. The van der Waals surface area contributed by atoms with Gasteiger partial charge in [0.05, 0.1) is 11.0 Å². The Kier molecular flexibility index (Phi) is 7.00. The van der Waals surface area contributed by atoms with Crippen LogP contribution >= 0.6 is 11.3 Å². The van der Waals surface area contributed by atoms with Crippen molar-refractivity contribution in [1.29, 1.82) is 0 Å². The van der Waals surface area contributed by atoms with Crippen LogP contribution in [-0.2, 0) is 6.42 Å². The summed E-state index contributed by atoms with van der Waals surface area (Å²) in [5.41, 5.74) is 11.1. The van der Waals surface area contributed by atoms with Crippen molar-refractivity contribution in [3.8, 4) is 5.69 Å². The second-order valence-corrected chi connectivity index (χ2v) is 16.7. The second kappa shape index (κ2) is 12.6. The molecule has 0 fully saturated rings. The number of fused-ring (bicyclic) bond motifs is 13. The summed E-state index contributed by atoms with van der Waals surface area (Å²) >= 11 is 1.83. The van der Waals surface area contributed by atoms with Crippen molar-refractivity contribution in [2.45, 2.75) is 19.0 Å². The molecule has 6 heteroatoms. The van der Waals surface area contributed by atoms with Crippen LogP contribution in [0.5, 0.6) is 0 Å². The first kappa shape index (κ1) is 32.8. The number of thiophene rings is 1. The van der Waals surface area contributed by atoms with E-state index in [0.717, 1.165) is 63.0 Å². The minimum Gasteiger partial charge on any atom is -0.456 e. The number of para-hydroxylation sites is 1. The zero-order valence-electron chi connectivity index (χ0n) is 31.8. The molecule has 11 aromatic rings. The Morgan fingerprint density at radius 3 is 2.31 bits per heavy atom. The Labute approximate surface area is 342 Å². The lowest BCUT2D eigenvalue weighted by Crippen LogP contribution is -2.33. The zero-order chi connectivity index (χ0) is 38.6. The van der Waals surface area contributed by atoms with Crippen LogP contribution in [0, 0.1) is 0 Å². The monoisotopic (exact) mass is 774 g/mol. The molecule has 5 nitrogen and oxygen atoms in total. The van der Waals surface area contributed by atoms with Crippen LogP contribution in [0.25, 0.3) is 86.5 Å². The highest BCUT2D eigenvalue weighted by atomic mass is 32.1. The third-order valence-corrected chi connectivity index (χ3v) is 13.5. The Hall–Kier alpha value is -7.28. The van der Waals surface area contributed by atoms with Crippen LogP contribution < -0.4 is 5.32 Å². The molecule has 13 rings (SSSR count). The Bertz CT molecular complexity index is 3650. The molecule has 1 unspecified atom stereocenters. The number of nitrogens with one attached hydrogen (secondary N) is 1. The molecule has 1 atom stereocenters. The largest absolute Gasteiger partial charge is 0.456 e. The fraction of sp³-hybridized carbons (Fsp3) is 0.0566. The molecule has 0 amide bonds. The van der Waals surface area contributed by atoms with Crippen molar-refractivity contribution < 1.29 is 4.42 Å². The van der Waals surface area contributed by atoms with Crippen LogP contribution in [0.15, 0.2) is 178 Å². The Balaban J connectivity index is 0.967. The third-order valence-electron chi connectivity index (χ3n) is 12.3. The highest BCUT2D eigenvalue weighted by Crippen LogP contribution is 2.42. The molecule has 1 aliphatic carbocycles. The smallest absolute Gasteiger partial charge is 0.159 e. The molecular weight excluding hydrogens is 741 g/mol. The lowest BCUT2D eigenvalue weighted by atomic mass is 9.92. The maximum absolute atomic E-state index is 6.20. The van der Waals surface area contributed by atoms with Gasteiger partial charge in [0.2, 0.25) is 0 Å². The molecule has 0 radical (unpaired) electrons. The third kappa shape index (κ3) is 5.03. The SMILES string of the molecule is C1=Cc2ccc3c(c2CC1)c1c2ccccc2ccc1n3-c1ccc(C2=NC(c3ccc4oc5ccccc5c4c3)NC(c3ccc4sc5ccccc5c4c3)=N2)cc1. The molecule has 0 bridgehead atoms. The molecule has 4 heterocycles. The average Bonchev–Trinajstić information content (AvgIpc) is 3.98. The molecule has 59 heavy (non-hydrogen) atoms. The maximum atomic E-state index is 6.20. The molecule has 3 aromatic heterocycles. The van der Waals surface area contributed by atoms with Crippen LogP contribution in [0.3, 0.4) is 0 Å². The van der Waals surface area contributed by atoms with E-state index in [1.165, 1.54) is 63.9 Å². The Morgan fingerprint density at radius 1 is 0.610 bits per heavy atom. The molecule has 8 aromatic carbocycles. The fourth-order valence-electron chi connectivity index (χ4n) is 9.54. The minimum atomic E-state index is -0.365. The van der Waals surface area contributed by atoms with Gasteiger partial charge in [-0.1, -0.05) is 91.0 Å². The summed E-state index contributed by atoms with van der Waals surface area (Å²) in [6.45, 7) is 0. The van der Waals surface area contributed by atoms with Crippen LogP contribution in [-0.4, -0.2) is 16.2 Å².